The lowest BCUT2D eigenvalue weighted by molar-refractivity contribution is -0.177. The largest absolute Gasteiger partial charge is 0.458 e. The van der Waals surface area contributed by atoms with Crippen molar-refractivity contribution in [2.24, 2.45) is 40.4 Å². The van der Waals surface area contributed by atoms with E-state index in [1.807, 2.05) is 13.8 Å². The van der Waals surface area contributed by atoms with E-state index >= 15 is 0 Å². The average Bonchev–Trinajstić information content (AvgIpc) is 3.44. The summed E-state index contributed by atoms with van der Waals surface area (Å²) >= 11 is 0. The van der Waals surface area contributed by atoms with Gasteiger partial charge in [0.1, 0.15) is 17.5 Å². The van der Waals surface area contributed by atoms with Crippen LogP contribution in [0.25, 0.3) is 0 Å². The lowest BCUT2D eigenvalue weighted by Crippen LogP contribution is -2.67. The Morgan fingerprint density at radius 2 is 1.88 bits per heavy atom. The van der Waals surface area contributed by atoms with Gasteiger partial charge in [0.2, 0.25) is 0 Å². The predicted octanol–water partition coefficient (Wildman–Crippen LogP) is 3.58. The van der Waals surface area contributed by atoms with Crippen LogP contribution in [-0.2, 0) is 19.1 Å². The molecule has 0 radical (unpaired) electrons. The normalized spacial score (nSPS) is 52.8. The number of aliphatic hydroxyl groups is 2. The summed E-state index contributed by atoms with van der Waals surface area (Å²) in [4.78, 5) is 25.9. The Hall–Kier alpha value is -1.24. The molecule has 1 spiro atoms. The van der Waals surface area contributed by atoms with Crippen LogP contribution in [0.1, 0.15) is 79.1 Å². The molecule has 0 aromatic rings. The highest BCUT2D eigenvalue weighted by Gasteiger charge is 2.82. The molecule has 4 aliphatic carbocycles. The minimum atomic E-state index is -0.943. The first-order chi connectivity index (χ1) is 16.1. The number of rotatable bonds is 3. The second kappa shape index (κ2) is 7.39. The molecule has 6 aliphatic rings. The van der Waals surface area contributed by atoms with Gasteiger partial charge in [-0.25, -0.2) is 4.79 Å². The molecule has 34 heavy (non-hydrogen) atoms. The molecule has 11 atom stereocenters. The number of hydrogen-bond acceptors (Lipinski definition) is 6. The van der Waals surface area contributed by atoms with Crippen molar-refractivity contribution in [2.75, 3.05) is 6.61 Å². The number of epoxide rings is 1. The van der Waals surface area contributed by atoms with Crippen LogP contribution >= 0.6 is 0 Å². The Bertz CT molecular complexity index is 957. The summed E-state index contributed by atoms with van der Waals surface area (Å²) in [6.07, 6.45) is 5.76. The maximum atomic E-state index is 13.4. The zero-order valence-corrected chi connectivity index (χ0v) is 21.0. The molecule has 4 saturated carbocycles. The van der Waals surface area contributed by atoms with E-state index in [0.29, 0.717) is 30.6 Å². The molecule has 188 valence electrons. The maximum absolute atomic E-state index is 13.4. The minimum Gasteiger partial charge on any atom is -0.458 e. The van der Waals surface area contributed by atoms with Gasteiger partial charge in [-0.15, -0.1) is 0 Å². The van der Waals surface area contributed by atoms with Crippen molar-refractivity contribution in [3.63, 3.8) is 0 Å². The number of carbonyl (C=O) groups excluding carboxylic acids is 2. The third-order valence-corrected chi connectivity index (χ3v) is 11.9. The van der Waals surface area contributed by atoms with Gasteiger partial charge in [-0.05, 0) is 87.4 Å². The summed E-state index contributed by atoms with van der Waals surface area (Å²) in [5.41, 5.74) is 0.226. The Morgan fingerprint density at radius 1 is 1.12 bits per heavy atom. The van der Waals surface area contributed by atoms with E-state index in [1.165, 1.54) is 0 Å². The molecular weight excluding hydrogens is 432 g/mol. The van der Waals surface area contributed by atoms with Crippen LogP contribution in [0, 0.1) is 40.4 Å². The molecule has 6 heteroatoms. The standard InChI is InChI=1S/C28H40O6/c1-14-11-21(33-25(32)15(14)2)16(3)18-5-6-19-17-12-24-28(34-24)23(31)8-7-22(30)27(28,13-29)20(17)9-10-26(18,19)4/h16-21,23-24,29,31H,5-13H2,1-4H3/t16-,17-,18+,19-,20-,21+,23-,24+,26+,27-,28+/m0/s1. The first-order valence-corrected chi connectivity index (χ1v) is 13.5. The number of ether oxygens (including phenoxy) is 2. The highest BCUT2D eigenvalue weighted by molar-refractivity contribution is 5.90. The highest BCUT2D eigenvalue weighted by Crippen LogP contribution is 2.73. The van der Waals surface area contributed by atoms with Gasteiger partial charge in [-0.2, -0.15) is 0 Å². The number of ketones is 1. The zero-order chi connectivity index (χ0) is 24.2. The maximum Gasteiger partial charge on any atom is 0.333 e. The van der Waals surface area contributed by atoms with E-state index < -0.39 is 17.1 Å². The Kier molecular flexibility index (Phi) is 5.04. The fourth-order valence-corrected chi connectivity index (χ4v) is 9.98. The Labute approximate surface area is 202 Å². The van der Waals surface area contributed by atoms with Crippen molar-refractivity contribution in [3.8, 4) is 0 Å². The van der Waals surface area contributed by atoms with Gasteiger partial charge in [-0.3, -0.25) is 4.79 Å². The highest BCUT2D eigenvalue weighted by atomic mass is 16.6. The quantitative estimate of drug-likeness (QED) is 0.482. The molecule has 0 amide bonds. The lowest BCUT2D eigenvalue weighted by Gasteiger charge is -2.59. The third kappa shape index (κ3) is 2.63. The summed E-state index contributed by atoms with van der Waals surface area (Å²) in [5, 5.41) is 21.7. The Balaban J connectivity index is 1.29. The average molecular weight is 473 g/mol. The molecule has 1 saturated heterocycles. The van der Waals surface area contributed by atoms with Gasteiger partial charge in [-0.1, -0.05) is 19.4 Å². The van der Waals surface area contributed by atoms with Crippen LogP contribution < -0.4 is 0 Å². The monoisotopic (exact) mass is 472 g/mol. The SMILES string of the molecule is CC1=C(C)C(=O)O[C@@H]([C@@H](C)[C@H]2CC[C@H]3[C@@H]4C[C@H]5O[C@]56[C@@H](O)CCC(=O)[C@]6(CO)[C@H]4CC[C@]23C)C1. The van der Waals surface area contributed by atoms with Crippen molar-refractivity contribution in [1.82, 2.24) is 0 Å². The molecule has 0 unspecified atom stereocenters. The van der Waals surface area contributed by atoms with Crippen molar-refractivity contribution in [1.29, 1.82) is 0 Å². The van der Waals surface area contributed by atoms with Gasteiger partial charge in [0.25, 0.3) is 0 Å². The first-order valence-electron chi connectivity index (χ1n) is 13.5. The van der Waals surface area contributed by atoms with E-state index in [1.54, 1.807) is 0 Å². The van der Waals surface area contributed by atoms with Gasteiger partial charge < -0.3 is 19.7 Å². The zero-order valence-electron chi connectivity index (χ0n) is 21.0. The minimum absolute atomic E-state index is 0.0703. The van der Waals surface area contributed by atoms with Crippen molar-refractivity contribution in [3.05, 3.63) is 11.1 Å². The fraction of sp³-hybridized carbons (Fsp3) is 0.857. The van der Waals surface area contributed by atoms with E-state index in [0.717, 1.165) is 49.7 Å². The summed E-state index contributed by atoms with van der Waals surface area (Å²) < 4.78 is 12.1. The number of fused-ring (bicyclic) bond motifs is 4. The van der Waals surface area contributed by atoms with Crippen molar-refractivity contribution in [2.45, 2.75) is 103 Å². The number of hydrogen-bond donors (Lipinski definition) is 2. The van der Waals surface area contributed by atoms with Crippen LogP contribution in [0.15, 0.2) is 11.1 Å². The second-order valence-corrected chi connectivity index (χ2v) is 12.8. The molecule has 0 aromatic heterocycles. The molecule has 2 heterocycles. The number of Topliss-reactive ketones (excluding diaryl/α,β-unsaturated/α-hetero) is 1. The van der Waals surface area contributed by atoms with Crippen LogP contribution in [-0.4, -0.2) is 52.5 Å². The molecule has 2 aliphatic heterocycles. The van der Waals surface area contributed by atoms with Crippen molar-refractivity contribution >= 4 is 11.8 Å². The molecule has 6 rings (SSSR count). The molecule has 0 bridgehead atoms. The van der Waals surface area contributed by atoms with Gasteiger partial charge >= 0.3 is 5.97 Å². The first kappa shape index (κ1) is 23.2. The topological polar surface area (TPSA) is 96.4 Å². The number of aliphatic hydroxyl groups excluding tert-OH is 2. The molecular formula is C28H40O6. The smallest absolute Gasteiger partial charge is 0.333 e. The molecule has 0 aromatic carbocycles. The summed E-state index contributed by atoms with van der Waals surface area (Å²) in [6.45, 7) is 8.39. The second-order valence-electron chi connectivity index (χ2n) is 12.8. The molecule has 5 fully saturated rings. The van der Waals surface area contributed by atoms with E-state index in [9.17, 15) is 19.8 Å². The van der Waals surface area contributed by atoms with Crippen LogP contribution in [0.3, 0.4) is 0 Å². The van der Waals surface area contributed by atoms with E-state index in [2.05, 4.69) is 13.8 Å². The van der Waals surface area contributed by atoms with Gasteiger partial charge in [0.15, 0.2) is 0 Å². The molecule has 6 nitrogen and oxygen atoms in total. The predicted molar refractivity (Wildman–Crippen MR) is 125 cm³/mol. The Morgan fingerprint density at radius 3 is 2.59 bits per heavy atom. The summed E-state index contributed by atoms with van der Waals surface area (Å²) in [5.74, 6) is 1.56. The van der Waals surface area contributed by atoms with Gasteiger partial charge in [0.05, 0.1) is 24.2 Å². The summed E-state index contributed by atoms with van der Waals surface area (Å²) in [6, 6.07) is 0. The van der Waals surface area contributed by atoms with E-state index in [4.69, 9.17) is 9.47 Å². The van der Waals surface area contributed by atoms with Crippen LogP contribution in [0.4, 0.5) is 0 Å². The van der Waals surface area contributed by atoms with Crippen molar-refractivity contribution < 1.29 is 29.3 Å². The fourth-order valence-electron chi connectivity index (χ4n) is 9.98. The van der Waals surface area contributed by atoms with E-state index in [-0.39, 0.29) is 47.8 Å². The van der Waals surface area contributed by atoms with Crippen LogP contribution in [0.2, 0.25) is 0 Å². The van der Waals surface area contributed by atoms with Gasteiger partial charge in [0, 0.05) is 18.4 Å². The molecule has 2 N–H and O–H groups in total. The number of esters is 1. The number of cyclic esters (lactones) is 1. The lowest BCUT2D eigenvalue weighted by atomic mass is 9.43. The summed E-state index contributed by atoms with van der Waals surface area (Å²) in [7, 11) is 0. The van der Waals surface area contributed by atoms with Crippen LogP contribution in [0.5, 0.6) is 0 Å². The number of carbonyl (C=O) groups is 2. The third-order valence-electron chi connectivity index (χ3n) is 11.9.